The topological polar surface area (TPSA) is 71.0 Å². The van der Waals surface area contributed by atoms with E-state index >= 15 is 0 Å². The number of carbonyl (C=O) groups is 1. The number of nitrogens with zero attached hydrogens (tertiary/aromatic N) is 1. The van der Waals surface area contributed by atoms with Crippen LogP contribution in [0, 0.1) is 5.92 Å². The van der Waals surface area contributed by atoms with Crippen molar-refractivity contribution < 1.29 is 19.4 Å². The summed E-state index contributed by atoms with van der Waals surface area (Å²) in [6.07, 6.45) is 1.89. The summed E-state index contributed by atoms with van der Waals surface area (Å²) in [4.78, 5) is 14.6. The first-order valence-electron chi connectivity index (χ1n) is 8.23. The van der Waals surface area contributed by atoms with Gasteiger partial charge in [-0.05, 0) is 50.9 Å². The van der Waals surface area contributed by atoms with Crippen molar-refractivity contribution in [1.82, 2.24) is 4.90 Å². The lowest BCUT2D eigenvalue weighted by Gasteiger charge is -2.34. The van der Waals surface area contributed by atoms with E-state index in [1.165, 1.54) is 0 Å². The molecule has 1 aromatic carbocycles. The number of carbonyl (C=O) groups excluding carboxylic acids is 1. The Morgan fingerprint density at radius 3 is 2.70 bits per heavy atom. The molecular formula is C17H24N2O4. The number of hydrogen-bond donors (Lipinski definition) is 2. The SMILES string of the molecule is CC(C(=O)Nc1ccc2c(c1)OCCO2)N1CCC(CO)CC1. The summed E-state index contributed by atoms with van der Waals surface area (Å²) >= 11 is 0. The lowest BCUT2D eigenvalue weighted by atomic mass is 9.97. The minimum absolute atomic E-state index is 0.0240. The summed E-state index contributed by atoms with van der Waals surface area (Å²) < 4.78 is 11.0. The van der Waals surface area contributed by atoms with Crippen LogP contribution < -0.4 is 14.8 Å². The molecule has 126 valence electrons. The number of piperidine rings is 1. The maximum absolute atomic E-state index is 12.5. The van der Waals surface area contributed by atoms with Crippen LogP contribution in [0.4, 0.5) is 5.69 Å². The van der Waals surface area contributed by atoms with Crippen LogP contribution in [-0.2, 0) is 4.79 Å². The van der Waals surface area contributed by atoms with Crippen molar-refractivity contribution in [2.75, 3.05) is 38.2 Å². The third-order valence-electron chi connectivity index (χ3n) is 4.64. The zero-order valence-electron chi connectivity index (χ0n) is 13.5. The van der Waals surface area contributed by atoms with Gasteiger partial charge in [-0.1, -0.05) is 0 Å². The highest BCUT2D eigenvalue weighted by Gasteiger charge is 2.26. The van der Waals surface area contributed by atoms with Crippen LogP contribution in [0.25, 0.3) is 0 Å². The van der Waals surface area contributed by atoms with Crippen molar-refractivity contribution in [1.29, 1.82) is 0 Å². The molecule has 0 saturated carbocycles. The Morgan fingerprint density at radius 2 is 2.00 bits per heavy atom. The van der Waals surface area contributed by atoms with Crippen LogP contribution in [0.3, 0.4) is 0 Å². The van der Waals surface area contributed by atoms with E-state index in [-0.39, 0.29) is 18.6 Å². The van der Waals surface area contributed by atoms with Crippen molar-refractivity contribution >= 4 is 11.6 Å². The molecule has 1 atom stereocenters. The standard InChI is InChI=1S/C17H24N2O4/c1-12(19-6-4-13(11-20)5-7-19)17(21)18-14-2-3-15-16(10-14)23-9-8-22-15/h2-3,10,12-13,20H,4-9,11H2,1H3,(H,18,21). The first kappa shape index (κ1) is 16.1. The molecule has 1 unspecified atom stereocenters. The average Bonchev–Trinajstić information content (AvgIpc) is 2.61. The summed E-state index contributed by atoms with van der Waals surface area (Å²) in [5, 5.41) is 12.1. The number of rotatable bonds is 4. The third kappa shape index (κ3) is 3.76. The predicted octanol–water partition coefficient (Wildman–Crippen LogP) is 1.49. The van der Waals surface area contributed by atoms with Gasteiger partial charge >= 0.3 is 0 Å². The van der Waals surface area contributed by atoms with Gasteiger partial charge < -0.3 is 19.9 Å². The normalized spacial score (nSPS) is 20.1. The summed E-state index contributed by atoms with van der Waals surface area (Å²) in [5.41, 5.74) is 0.719. The molecule has 0 spiro atoms. The van der Waals surface area contributed by atoms with E-state index in [0.717, 1.165) is 31.6 Å². The maximum atomic E-state index is 12.5. The molecule has 1 saturated heterocycles. The molecule has 0 aromatic heterocycles. The van der Waals surface area contributed by atoms with Crippen LogP contribution in [0.1, 0.15) is 19.8 Å². The molecule has 2 heterocycles. The molecule has 1 amide bonds. The Kier molecular flexibility index (Phi) is 5.03. The third-order valence-corrected chi connectivity index (χ3v) is 4.64. The van der Waals surface area contributed by atoms with Crippen molar-refractivity contribution in [3.05, 3.63) is 18.2 Å². The molecule has 0 aliphatic carbocycles. The number of hydrogen-bond acceptors (Lipinski definition) is 5. The van der Waals surface area contributed by atoms with Crippen molar-refractivity contribution in [2.24, 2.45) is 5.92 Å². The molecule has 0 bridgehead atoms. The smallest absolute Gasteiger partial charge is 0.241 e. The van der Waals surface area contributed by atoms with Crippen molar-refractivity contribution in [3.63, 3.8) is 0 Å². The molecule has 6 heteroatoms. The van der Waals surface area contributed by atoms with E-state index in [1.807, 2.05) is 19.1 Å². The van der Waals surface area contributed by atoms with E-state index < -0.39 is 0 Å². The lowest BCUT2D eigenvalue weighted by molar-refractivity contribution is -0.121. The van der Waals surface area contributed by atoms with Crippen LogP contribution in [0.2, 0.25) is 0 Å². The van der Waals surface area contributed by atoms with Crippen LogP contribution in [0.15, 0.2) is 18.2 Å². The number of likely N-dealkylation sites (tertiary alicyclic amines) is 1. The fourth-order valence-corrected chi connectivity index (χ4v) is 3.06. The van der Waals surface area contributed by atoms with Gasteiger partial charge in [0.25, 0.3) is 0 Å². The number of benzene rings is 1. The highest BCUT2D eigenvalue weighted by Crippen LogP contribution is 2.32. The summed E-state index contributed by atoms with van der Waals surface area (Å²) in [5.74, 6) is 1.74. The zero-order chi connectivity index (χ0) is 16.2. The second kappa shape index (κ2) is 7.19. The fraction of sp³-hybridized carbons (Fsp3) is 0.588. The number of amides is 1. The Morgan fingerprint density at radius 1 is 1.30 bits per heavy atom. The van der Waals surface area contributed by atoms with Crippen molar-refractivity contribution in [3.8, 4) is 11.5 Å². The molecule has 2 aliphatic rings. The number of anilines is 1. The monoisotopic (exact) mass is 320 g/mol. The van der Waals surface area contributed by atoms with Gasteiger partial charge in [-0.25, -0.2) is 0 Å². The molecule has 2 aliphatic heterocycles. The summed E-state index contributed by atoms with van der Waals surface area (Å²) in [6.45, 7) is 4.94. The molecule has 0 radical (unpaired) electrons. The van der Waals surface area contributed by atoms with Gasteiger partial charge in [0, 0.05) is 18.4 Å². The van der Waals surface area contributed by atoms with E-state index in [9.17, 15) is 9.90 Å². The van der Waals surface area contributed by atoms with Gasteiger partial charge in [0.1, 0.15) is 13.2 Å². The van der Waals surface area contributed by atoms with Gasteiger partial charge in [-0.15, -0.1) is 0 Å². The quantitative estimate of drug-likeness (QED) is 0.879. The van der Waals surface area contributed by atoms with Gasteiger partial charge in [0.15, 0.2) is 11.5 Å². The summed E-state index contributed by atoms with van der Waals surface area (Å²) in [6, 6.07) is 5.26. The number of aliphatic hydroxyl groups excluding tert-OH is 1. The molecule has 1 fully saturated rings. The molecule has 23 heavy (non-hydrogen) atoms. The number of nitrogens with one attached hydrogen (secondary N) is 1. The Labute approximate surface area is 136 Å². The second-order valence-electron chi connectivity index (χ2n) is 6.19. The van der Waals surface area contributed by atoms with Gasteiger partial charge in [-0.3, -0.25) is 9.69 Å². The van der Waals surface area contributed by atoms with Crippen LogP contribution in [-0.4, -0.2) is 54.9 Å². The van der Waals surface area contributed by atoms with Gasteiger partial charge in [0.2, 0.25) is 5.91 Å². The molecule has 2 N–H and O–H groups in total. The van der Waals surface area contributed by atoms with Gasteiger partial charge in [0.05, 0.1) is 6.04 Å². The average molecular weight is 320 g/mol. The zero-order valence-corrected chi connectivity index (χ0v) is 13.5. The van der Waals surface area contributed by atoms with Gasteiger partial charge in [-0.2, -0.15) is 0 Å². The van der Waals surface area contributed by atoms with E-state index in [1.54, 1.807) is 6.07 Å². The fourth-order valence-electron chi connectivity index (χ4n) is 3.06. The number of aliphatic hydroxyl groups is 1. The lowest BCUT2D eigenvalue weighted by Crippen LogP contribution is -2.46. The van der Waals surface area contributed by atoms with E-state index in [4.69, 9.17) is 9.47 Å². The molecule has 3 rings (SSSR count). The first-order valence-corrected chi connectivity index (χ1v) is 8.23. The molecule has 6 nitrogen and oxygen atoms in total. The predicted molar refractivity (Wildman–Crippen MR) is 86.9 cm³/mol. The number of fused-ring (bicyclic) bond motifs is 1. The minimum Gasteiger partial charge on any atom is -0.486 e. The van der Waals surface area contributed by atoms with Crippen LogP contribution >= 0.6 is 0 Å². The van der Waals surface area contributed by atoms with E-state index in [2.05, 4.69) is 10.2 Å². The maximum Gasteiger partial charge on any atom is 0.241 e. The Hall–Kier alpha value is -1.79. The minimum atomic E-state index is -0.192. The van der Waals surface area contributed by atoms with Crippen molar-refractivity contribution in [2.45, 2.75) is 25.8 Å². The highest BCUT2D eigenvalue weighted by atomic mass is 16.6. The van der Waals surface area contributed by atoms with E-state index in [0.29, 0.717) is 30.6 Å². The largest absolute Gasteiger partial charge is 0.486 e. The molecular weight excluding hydrogens is 296 g/mol. The summed E-state index contributed by atoms with van der Waals surface area (Å²) in [7, 11) is 0. The van der Waals surface area contributed by atoms with Crippen LogP contribution in [0.5, 0.6) is 11.5 Å². The Balaban J connectivity index is 1.58. The Bertz CT molecular complexity index is 556. The first-order chi connectivity index (χ1) is 11.2. The highest BCUT2D eigenvalue weighted by molar-refractivity contribution is 5.94. The molecule has 1 aromatic rings. The number of ether oxygens (including phenoxy) is 2. The second-order valence-corrected chi connectivity index (χ2v) is 6.19.